The lowest BCUT2D eigenvalue weighted by Crippen LogP contribution is -2.47. The lowest BCUT2D eigenvalue weighted by atomic mass is 10.0. The average Bonchev–Trinajstić information content (AvgIpc) is 3.40. The quantitative estimate of drug-likeness (QED) is 0.0205. The fourth-order valence-corrected chi connectivity index (χ4v) is 9.82. The molecule has 1 amide bonds. The van der Waals surface area contributed by atoms with Gasteiger partial charge in [-0.2, -0.15) is 0 Å². The van der Waals surface area contributed by atoms with Crippen LogP contribution in [-0.4, -0.2) is 74.3 Å². The number of rotatable bonds is 58. The molecule has 0 spiro atoms. The fraction of sp³-hybridized carbons (Fsp3) is 0.765. The minimum absolute atomic E-state index is 0.0349. The van der Waals surface area contributed by atoms with Gasteiger partial charge in [-0.1, -0.05) is 254 Å². The van der Waals surface area contributed by atoms with Crippen LogP contribution in [-0.2, 0) is 27.9 Å². The van der Waals surface area contributed by atoms with E-state index in [4.69, 9.17) is 13.8 Å². The number of nitrogens with one attached hydrogen (secondary N) is 1. The Morgan fingerprint density at radius 1 is 0.462 bits per heavy atom. The van der Waals surface area contributed by atoms with Crippen LogP contribution in [0.1, 0.15) is 284 Å². The molecule has 0 saturated carbocycles. The topological polar surface area (TPSA) is 111 Å². The maximum absolute atomic E-state index is 13.5. The third-order valence-corrected chi connectivity index (χ3v) is 15.1. The minimum Gasteiger partial charge on any atom is -0.456 e. The maximum Gasteiger partial charge on any atom is 0.472 e. The summed E-state index contributed by atoms with van der Waals surface area (Å²) in [6.07, 6.45) is 75.9. The van der Waals surface area contributed by atoms with Crippen LogP contribution in [0, 0.1) is 0 Å². The number of unbranched alkanes of at least 4 members (excludes halogenated alkanes) is 30. The number of likely N-dealkylation sites (N-methyl/N-ethyl adjacent to an activating group) is 1. The summed E-state index contributed by atoms with van der Waals surface area (Å²) >= 11 is 0. The molecule has 0 aromatic rings. The van der Waals surface area contributed by atoms with Gasteiger partial charge >= 0.3 is 13.8 Å². The number of allylic oxidation sites excluding steroid dienone is 13. The summed E-state index contributed by atoms with van der Waals surface area (Å²) in [6.45, 7) is 6.88. The molecule has 0 radical (unpaired) electrons. The number of hydrogen-bond donors (Lipinski definition) is 2. The fourth-order valence-electron chi connectivity index (χ4n) is 9.08. The van der Waals surface area contributed by atoms with Crippen molar-refractivity contribution in [3.05, 3.63) is 85.1 Å². The Morgan fingerprint density at radius 3 is 1.26 bits per heavy atom. The van der Waals surface area contributed by atoms with Crippen LogP contribution in [0.5, 0.6) is 0 Å². The van der Waals surface area contributed by atoms with Crippen molar-refractivity contribution in [2.75, 3.05) is 40.9 Å². The van der Waals surface area contributed by atoms with E-state index in [9.17, 15) is 19.0 Å². The Bertz CT molecular complexity index is 1610. The molecule has 2 N–H and O–H groups in total. The van der Waals surface area contributed by atoms with Crippen LogP contribution in [0.25, 0.3) is 0 Å². The highest BCUT2D eigenvalue weighted by atomic mass is 31.2. The molecule has 0 heterocycles. The molecule has 0 aromatic heterocycles. The Hall–Kier alpha value is -2.81. The van der Waals surface area contributed by atoms with Crippen LogP contribution >= 0.6 is 7.82 Å². The first-order valence-electron chi connectivity index (χ1n) is 32.4. The summed E-state index contributed by atoms with van der Waals surface area (Å²) in [5.41, 5.74) is 0. The maximum atomic E-state index is 13.5. The average molecular weight is 1110 g/mol. The molecule has 0 aliphatic carbocycles. The van der Waals surface area contributed by atoms with E-state index in [1.807, 2.05) is 33.3 Å². The molecular formula is C68H124N2O7P+. The molecule has 0 fully saturated rings. The molecule has 9 nitrogen and oxygen atoms in total. The summed E-state index contributed by atoms with van der Waals surface area (Å²) in [4.78, 5) is 37.7. The summed E-state index contributed by atoms with van der Waals surface area (Å²) < 4.78 is 30.7. The van der Waals surface area contributed by atoms with Gasteiger partial charge in [-0.25, -0.2) is 4.57 Å². The van der Waals surface area contributed by atoms with Crippen LogP contribution < -0.4 is 5.32 Å². The van der Waals surface area contributed by atoms with Gasteiger partial charge < -0.3 is 19.4 Å². The van der Waals surface area contributed by atoms with Crippen LogP contribution in [0.4, 0.5) is 0 Å². The molecule has 0 rings (SSSR count). The number of ether oxygens (including phenoxy) is 1. The van der Waals surface area contributed by atoms with Crippen LogP contribution in [0.3, 0.4) is 0 Å². The van der Waals surface area contributed by atoms with E-state index in [0.717, 1.165) is 103 Å². The second kappa shape index (κ2) is 57.4. The van der Waals surface area contributed by atoms with Crippen LogP contribution in [0.15, 0.2) is 85.1 Å². The molecular weight excluding hydrogens is 988 g/mol. The molecule has 0 aromatic carbocycles. The zero-order valence-electron chi connectivity index (χ0n) is 51.6. The molecule has 0 aliphatic heterocycles. The van der Waals surface area contributed by atoms with Gasteiger partial charge in [0.15, 0.2) is 0 Å². The first kappa shape index (κ1) is 75.2. The van der Waals surface area contributed by atoms with Crippen molar-refractivity contribution in [1.29, 1.82) is 0 Å². The minimum atomic E-state index is -4.45. The summed E-state index contributed by atoms with van der Waals surface area (Å²) in [7, 11) is 1.48. The highest BCUT2D eigenvalue weighted by Crippen LogP contribution is 2.43. The van der Waals surface area contributed by atoms with Gasteiger partial charge in [0.2, 0.25) is 5.91 Å². The van der Waals surface area contributed by atoms with Crippen molar-refractivity contribution < 1.29 is 37.3 Å². The Labute approximate surface area is 482 Å². The Kier molecular flexibility index (Phi) is 55.4. The second-order valence-corrected chi connectivity index (χ2v) is 24.4. The summed E-state index contributed by atoms with van der Waals surface area (Å²) in [5, 5.41) is 3.04. The number of phosphoric acid groups is 1. The van der Waals surface area contributed by atoms with Crippen molar-refractivity contribution in [1.82, 2.24) is 5.32 Å². The van der Waals surface area contributed by atoms with Gasteiger partial charge in [-0.15, -0.1) is 0 Å². The standard InChI is InChI=1S/C68H123N2O7P/c1-7-10-13-16-19-22-25-27-29-30-31-32-33-34-35-36-37-38-39-40-41-43-46-49-52-55-58-61-68(72)77-66(59-56-53-50-47-44-24-21-18-15-12-9-3)65(64-76-78(73,74)75-63-62-70(4,5)6)69-67(71)60-57-54-51-48-45-42-28-26-23-20-17-14-11-8-2/h10,13,19,22,27,29,31-32,34-35,42,45,56,59,65-66H,7-9,11-12,14-18,20-21,23-26,28,30,33,36-41,43-44,46-55,57-58,60-64H2,1-6H3,(H-,69,71,73,74)/p+1/b13-10-,22-19-,29-27-,32-31-,35-34-,45-42-,59-56-. The summed E-state index contributed by atoms with van der Waals surface area (Å²) in [5.74, 6) is -0.526. The number of carbonyl (C=O) groups excluding carboxylic acids is 2. The SMILES string of the molecule is CC/C=C\C/C=C\C/C=C\C/C=C\C/C=C\CCCCCCCCCCCCCC(=O)OC(/C=C\CCCCCCCCCCC)C(COP(=O)(O)OCC[N+](C)(C)C)NC(=O)CCCCC/C=C\CCCCCCCCC. The number of amides is 1. The lowest BCUT2D eigenvalue weighted by molar-refractivity contribution is -0.870. The first-order valence-corrected chi connectivity index (χ1v) is 33.9. The molecule has 0 aliphatic rings. The largest absolute Gasteiger partial charge is 0.472 e. The van der Waals surface area contributed by atoms with Crippen molar-refractivity contribution in [3.8, 4) is 0 Å². The van der Waals surface area contributed by atoms with E-state index in [2.05, 4.69) is 99.0 Å². The third-order valence-electron chi connectivity index (χ3n) is 14.1. The first-order chi connectivity index (χ1) is 37.9. The monoisotopic (exact) mass is 1110 g/mol. The molecule has 3 atom stereocenters. The van der Waals surface area contributed by atoms with Gasteiger partial charge in [0, 0.05) is 12.8 Å². The molecule has 0 bridgehead atoms. The van der Waals surface area contributed by atoms with Gasteiger partial charge in [-0.3, -0.25) is 18.6 Å². The molecule has 0 saturated heterocycles. The van der Waals surface area contributed by atoms with E-state index in [-0.39, 0.29) is 31.5 Å². The van der Waals surface area contributed by atoms with E-state index < -0.39 is 20.0 Å². The number of phosphoric ester groups is 1. The van der Waals surface area contributed by atoms with E-state index in [0.29, 0.717) is 17.4 Å². The predicted molar refractivity (Wildman–Crippen MR) is 337 cm³/mol. The number of hydrogen-bond acceptors (Lipinski definition) is 6. The zero-order chi connectivity index (χ0) is 57.2. The van der Waals surface area contributed by atoms with Crippen LogP contribution in [0.2, 0.25) is 0 Å². The lowest BCUT2D eigenvalue weighted by Gasteiger charge is -2.27. The van der Waals surface area contributed by atoms with Crippen molar-refractivity contribution in [2.45, 2.75) is 296 Å². The Balaban J connectivity index is 5.06. The molecule has 10 heteroatoms. The van der Waals surface area contributed by atoms with Crippen molar-refractivity contribution in [3.63, 3.8) is 0 Å². The number of carbonyl (C=O) groups is 2. The number of quaternary nitrogens is 1. The van der Waals surface area contributed by atoms with Gasteiger partial charge in [0.25, 0.3) is 0 Å². The normalized spacial score (nSPS) is 14.2. The second-order valence-electron chi connectivity index (χ2n) is 22.9. The van der Waals surface area contributed by atoms with E-state index in [1.54, 1.807) is 0 Å². The number of esters is 1. The van der Waals surface area contributed by atoms with Crippen molar-refractivity contribution in [2.24, 2.45) is 0 Å². The van der Waals surface area contributed by atoms with Gasteiger partial charge in [-0.05, 0) is 102 Å². The van der Waals surface area contributed by atoms with Gasteiger partial charge in [0.05, 0.1) is 33.8 Å². The van der Waals surface area contributed by atoms with E-state index in [1.165, 1.54) is 148 Å². The third kappa shape index (κ3) is 57.9. The molecule has 3 unspecified atom stereocenters. The molecule has 452 valence electrons. The molecule has 78 heavy (non-hydrogen) atoms. The van der Waals surface area contributed by atoms with Gasteiger partial charge in [0.1, 0.15) is 19.3 Å². The smallest absolute Gasteiger partial charge is 0.456 e. The zero-order valence-corrected chi connectivity index (χ0v) is 52.5. The highest BCUT2D eigenvalue weighted by molar-refractivity contribution is 7.47. The van der Waals surface area contributed by atoms with Crippen molar-refractivity contribution >= 4 is 19.7 Å². The summed E-state index contributed by atoms with van der Waals surface area (Å²) in [6, 6.07) is -0.859. The Morgan fingerprint density at radius 2 is 0.821 bits per heavy atom. The number of nitrogens with zero attached hydrogens (tertiary/aromatic N) is 1. The van der Waals surface area contributed by atoms with E-state index >= 15 is 0 Å². The highest BCUT2D eigenvalue weighted by Gasteiger charge is 2.30. The predicted octanol–water partition coefficient (Wildman–Crippen LogP) is 20.2.